The molecule has 0 spiro atoms. The normalized spacial score (nSPS) is 10.1. The lowest BCUT2D eigenvalue weighted by atomic mass is 10.2. The van der Waals surface area contributed by atoms with Crippen LogP contribution in [0.5, 0.6) is 5.75 Å². The van der Waals surface area contributed by atoms with E-state index in [0.717, 1.165) is 5.56 Å². The van der Waals surface area contributed by atoms with Gasteiger partial charge in [0.05, 0.1) is 5.56 Å². The van der Waals surface area contributed by atoms with Crippen molar-refractivity contribution in [3.63, 3.8) is 0 Å². The molecule has 3 nitrogen and oxygen atoms in total. The highest BCUT2D eigenvalue weighted by Crippen LogP contribution is 2.21. The highest BCUT2D eigenvalue weighted by atomic mass is 35.5. The topological polar surface area (TPSA) is 59.1 Å². The Bertz CT molecular complexity index is 569. The summed E-state index contributed by atoms with van der Waals surface area (Å²) < 4.78 is 5.66. The van der Waals surface area contributed by atoms with Crippen molar-refractivity contribution < 1.29 is 4.74 Å². The lowest BCUT2D eigenvalue weighted by molar-refractivity contribution is 0.305. The van der Waals surface area contributed by atoms with Gasteiger partial charge in [0.2, 0.25) is 0 Å². The maximum absolute atomic E-state index is 7.47. The number of hydrogen-bond donors (Lipinski definition) is 2. The van der Waals surface area contributed by atoms with Crippen LogP contribution in [-0.4, -0.2) is 5.84 Å². The second kappa shape index (κ2) is 5.56. The van der Waals surface area contributed by atoms with Gasteiger partial charge in [-0.15, -0.1) is 0 Å². The van der Waals surface area contributed by atoms with Gasteiger partial charge >= 0.3 is 0 Å². The van der Waals surface area contributed by atoms with Gasteiger partial charge in [0, 0.05) is 10.6 Å². The molecular formula is C14H13ClN2O. The zero-order valence-corrected chi connectivity index (χ0v) is 10.4. The minimum atomic E-state index is -0.00948. The van der Waals surface area contributed by atoms with Crippen LogP contribution >= 0.6 is 11.6 Å². The van der Waals surface area contributed by atoms with Crippen molar-refractivity contribution in [3.05, 3.63) is 64.7 Å². The van der Waals surface area contributed by atoms with Crippen molar-refractivity contribution in [2.45, 2.75) is 6.61 Å². The first-order valence-electron chi connectivity index (χ1n) is 5.48. The molecule has 0 bridgehead atoms. The number of amidine groups is 1. The van der Waals surface area contributed by atoms with Gasteiger partial charge in [-0.3, -0.25) is 5.41 Å². The van der Waals surface area contributed by atoms with Crippen LogP contribution in [-0.2, 0) is 6.61 Å². The monoisotopic (exact) mass is 260 g/mol. The summed E-state index contributed by atoms with van der Waals surface area (Å²) in [6.07, 6.45) is 0. The molecule has 0 unspecified atom stereocenters. The van der Waals surface area contributed by atoms with E-state index < -0.39 is 0 Å². The molecule has 2 aromatic rings. The van der Waals surface area contributed by atoms with Crippen LogP contribution in [0, 0.1) is 5.41 Å². The van der Waals surface area contributed by atoms with Crippen LogP contribution in [0.25, 0.3) is 0 Å². The molecule has 0 radical (unpaired) electrons. The van der Waals surface area contributed by atoms with Crippen molar-refractivity contribution in [2.24, 2.45) is 5.73 Å². The highest BCUT2D eigenvalue weighted by molar-refractivity contribution is 6.31. The first-order chi connectivity index (χ1) is 8.68. The molecule has 0 amide bonds. The lowest BCUT2D eigenvalue weighted by Crippen LogP contribution is -2.13. The highest BCUT2D eigenvalue weighted by Gasteiger charge is 2.06. The summed E-state index contributed by atoms with van der Waals surface area (Å²) in [7, 11) is 0. The van der Waals surface area contributed by atoms with E-state index in [0.29, 0.717) is 22.9 Å². The number of nitrogens with two attached hydrogens (primary N) is 1. The van der Waals surface area contributed by atoms with E-state index in [-0.39, 0.29) is 5.84 Å². The Balaban J connectivity index is 2.16. The molecule has 2 rings (SSSR count). The smallest absolute Gasteiger partial charge is 0.130 e. The van der Waals surface area contributed by atoms with Gasteiger partial charge in [0.15, 0.2) is 0 Å². The lowest BCUT2D eigenvalue weighted by Gasteiger charge is -2.11. The molecule has 0 atom stereocenters. The van der Waals surface area contributed by atoms with Gasteiger partial charge in [0.25, 0.3) is 0 Å². The summed E-state index contributed by atoms with van der Waals surface area (Å²) in [4.78, 5) is 0. The standard InChI is InChI=1S/C14H13ClN2O/c15-12-7-3-1-5-10(12)9-18-13-8-4-2-6-11(13)14(16)17/h1-8H,9H2,(H3,16,17). The SMILES string of the molecule is N=C(N)c1ccccc1OCc1ccccc1Cl. The third-order valence-electron chi connectivity index (χ3n) is 2.52. The summed E-state index contributed by atoms with van der Waals surface area (Å²) in [5.41, 5.74) is 6.98. The summed E-state index contributed by atoms with van der Waals surface area (Å²) in [6.45, 7) is 0.351. The predicted octanol–water partition coefficient (Wildman–Crippen LogP) is 3.20. The second-order valence-corrected chi connectivity index (χ2v) is 4.20. The molecule has 18 heavy (non-hydrogen) atoms. The number of ether oxygens (including phenoxy) is 1. The van der Waals surface area contributed by atoms with Crippen molar-refractivity contribution in [3.8, 4) is 5.75 Å². The molecular weight excluding hydrogens is 248 g/mol. The van der Waals surface area contributed by atoms with E-state index in [1.807, 2.05) is 36.4 Å². The van der Waals surface area contributed by atoms with Crippen LogP contribution in [0.1, 0.15) is 11.1 Å². The molecule has 0 aliphatic carbocycles. The van der Waals surface area contributed by atoms with Gasteiger partial charge in [-0.1, -0.05) is 41.9 Å². The fourth-order valence-electron chi connectivity index (χ4n) is 1.59. The predicted molar refractivity (Wildman–Crippen MR) is 73.2 cm³/mol. The Morgan fingerprint density at radius 3 is 2.50 bits per heavy atom. The number of hydrogen-bond acceptors (Lipinski definition) is 2. The Morgan fingerprint density at radius 1 is 1.11 bits per heavy atom. The van der Waals surface area contributed by atoms with Crippen LogP contribution < -0.4 is 10.5 Å². The Labute approximate surface area is 111 Å². The summed E-state index contributed by atoms with van der Waals surface area (Å²) >= 11 is 6.05. The molecule has 0 saturated heterocycles. The van der Waals surface area contributed by atoms with E-state index >= 15 is 0 Å². The minimum Gasteiger partial charge on any atom is -0.488 e. The third-order valence-corrected chi connectivity index (χ3v) is 2.89. The van der Waals surface area contributed by atoms with Gasteiger partial charge < -0.3 is 10.5 Å². The number of nitrogen functional groups attached to an aromatic ring is 1. The first-order valence-corrected chi connectivity index (χ1v) is 5.86. The zero-order valence-electron chi connectivity index (χ0n) is 9.69. The van der Waals surface area contributed by atoms with Crippen LogP contribution in [0.2, 0.25) is 5.02 Å². The molecule has 0 saturated carbocycles. The minimum absolute atomic E-state index is 0.00948. The van der Waals surface area contributed by atoms with Crippen LogP contribution in [0.3, 0.4) is 0 Å². The Morgan fingerprint density at radius 2 is 1.78 bits per heavy atom. The van der Waals surface area contributed by atoms with E-state index in [2.05, 4.69) is 0 Å². The van der Waals surface area contributed by atoms with E-state index in [1.165, 1.54) is 0 Å². The van der Waals surface area contributed by atoms with E-state index in [1.54, 1.807) is 12.1 Å². The summed E-state index contributed by atoms with van der Waals surface area (Å²) in [6, 6.07) is 14.7. The van der Waals surface area contributed by atoms with Crippen molar-refractivity contribution >= 4 is 17.4 Å². The number of benzene rings is 2. The molecule has 0 aliphatic heterocycles. The van der Waals surface area contributed by atoms with Crippen molar-refractivity contribution in [1.82, 2.24) is 0 Å². The maximum Gasteiger partial charge on any atom is 0.130 e. The number of halogens is 1. The van der Waals surface area contributed by atoms with Gasteiger partial charge in [-0.2, -0.15) is 0 Å². The maximum atomic E-state index is 7.47. The Hall–Kier alpha value is -2.00. The zero-order chi connectivity index (χ0) is 13.0. The quantitative estimate of drug-likeness (QED) is 0.655. The number of rotatable bonds is 4. The van der Waals surface area contributed by atoms with E-state index in [4.69, 9.17) is 27.5 Å². The molecule has 2 aromatic carbocycles. The van der Waals surface area contributed by atoms with Crippen molar-refractivity contribution in [1.29, 1.82) is 5.41 Å². The fraction of sp³-hybridized carbons (Fsp3) is 0.0714. The third kappa shape index (κ3) is 2.81. The number of nitrogens with one attached hydrogen (secondary N) is 1. The first kappa shape index (κ1) is 12.5. The van der Waals surface area contributed by atoms with Crippen LogP contribution in [0.15, 0.2) is 48.5 Å². The molecule has 0 aromatic heterocycles. The molecule has 0 fully saturated rings. The summed E-state index contributed by atoms with van der Waals surface area (Å²) in [5, 5.41) is 8.14. The average molecular weight is 261 g/mol. The number of para-hydroxylation sites is 1. The van der Waals surface area contributed by atoms with Crippen molar-refractivity contribution in [2.75, 3.05) is 0 Å². The largest absolute Gasteiger partial charge is 0.488 e. The molecule has 4 heteroatoms. The van der Waals surface area contributed by atoms with Gasteiger partial charge in [0.1, 0.15) is 18.2 Å². The van der Waals surface area contributed by atoms with E-state index in [9.17, 15) is 0 Å². The Kier molecular flexibility index (Phi) is 3.85. The molecule has 0 heterocycles. The fourth-order valence-corrected chi connectivity index (χ4v) is 1.78. The molecule has 0 aliphatic rings. The molecule has 3 N–H and O–H groups in total. The summed E-state index contributed by atoms with van der Waals surface area (Å²) in [5.74, 6) is 0.578. The van der Waals surface area contributed by atoms with Gasteiger partial charge in [-0.05, 0) is 18.2 Å². The van der Waals surface area contributed by atoms with Gasteiger partial charge in [-0.25, -0.2) is 0 Å². The average Bonchev–Trinajstić information content (AvgIpc) is 2.38. The second-order valence-electron chi connectivity index (χ2n) is 3.79. The van der Waals surface area contributed by atoms with Crippen LogP contribution in [0.4, 0.5) is 0 Å². The molecule has 92 valence electrons.